The SMILES string of the molecule is C[C@@H](NC(=O)CCn1cnc2sccc2c1=O)c1ccc(-c2ccccc2)cc1. The van der Waals surface area contributed by atoms with E-state index in [1.165, 1.54) is 22.2 Å². The van der Waals surface area contributed by atoms with E-state index >= 15 is 0 Å². The second-order valence-electron chi connectivity index (χ2n) is 6.91. The van der Waals surface area contributed by atoms with Crippen LogP contribution in [0.15, 0.2) is 77.2 Å². The molecule has 0 fully saturated rings. The van der Waals surface area contributed by atoms with Gasteiger partial charge < -0.3 is 5.32 Å². The Morgan fingerprint density at radius 2 is 1.79 bits per heavy atom. The molecule has 1 amide bonds. The van der Waals surface area contributed by atoms with E-state index in [4.69, 9.17) is 0 Å². The fourth-order valence-electron chi connectivity index (χ4n) is 3.27. The van der Waals surface area contributed by atoms with Gasteiger partial charge in [0.1, 0.15) is 4.83 Å². The van der Waals surface area contributed by atoms with Gasteiger partial charge in [0.2, 0.25) is 5.91 Å². The third-order valence-electron chi connectivity index (χ3n) is 4.93. The molecule has 0 aliphatic rings. The molecule has 2 aromatic heterocycles. The first-order chi connectivity index (χ1) is 14.1. The van der Waals surface area contributed by atoms with E-state index in [-0.39, 0.29) is 23.9 Å². The second kappa shape index (κ2) is 8.41. The summed E-state index contributed by atoms with van der Waals surface area (Å²) in [6.07, 6.45) is 1.74. The van der Waals surface area contributed by atoms with Gasteiger partial charge in [-0.25, -0.2) is 4.98 Å². The molecule has 0 bridgehead atoms. The van der Waals surface area contributed by atoms with Crippen LogP contribution in [0.3, 0.4) is 0 Å². The van der Waals surface area contributed by atoms with Crippen LogP contribution in [0.4, 0.5) is 0 Å². The van der Waals surface area contributed by atoms with Crippen molar-refractivity contribution in [2.24, 2.45) is 0 Å². The summed E-state index contributed by atoms with van der Waals surface area (Å²) < 4.78 is 1.49. The maximum Gasteiger partial charge on any atom is 0.262 e. The number of thiophene rings is 1. The average Bonchev–Trinajstić information content (AvgIpc) is 3.24. The Hall–Kier alpha value is -3.25. The van der Waals surface area contributed by atoms with Gasteiger partial charge in [0.05, 0.1) is 17.8 Å². The van der Waals surface area contributed by atoms with Crippen LogP contribution in [0.25, 0.3) is 21.3 Å². The highest BCUT2D eigenvalue weighted by Crippen LogP contribution is 2.21. The van der Waals surface area contributed by atoms with Gasteiger partial charge in [0.15, 0.2) is 0 Å². The summed E-state index contributed by atoms with van der Waals surface area (Å²) in [4.78, 5) is 29.8. The van der Waals surface area contributed by atoms with E-state index in [0.29, 0.717) is 11.9 Å². The molecule has 2 aromatic carbocycles. The van der Waals surface area contributed by atoms with Crippen molar-refractivity contribution in [3.8, 4) is 11.1 Å². The van der Waals surface area contributed by atoms with Crippen molar-refractivity contribution in [1.82, 2.24) is 14.9 Å². The maximum absolute atomic E-state index is 12.4. The number of benzene rings is 2. The quantitative estimate of drug-likeness (QED) is 0.519. The van der Waals surface area contributed by atoms with Gasteiger partial charge in [-0.2, -0.15) is 0 Å². The zero-order chi connectivity index (χ0) is 20.2. The molecule has 0 aliphatic heterocycles. The third-order valence-corrected chi connectivity index (χ3v) is 5.75. The first-order valence-electron chi connectivity index (χ1n) is 9.49. The van der Waals surface area contributed by atoms with Gasteiger partial charge in [0, 0.05) is 13.0 Å². The standard InChI is InChI=1S/C23H21N3O2S/c1-16(17-7-9-19(10-8-17)18-5-3-2-4-6-18)25-21(27)11-13-26-15-24-22-20(23(26)28)12-14-29-22/h2-10,12,14-16H,11,13H2,1H3,(H,25,27)/t16-/m1/s1. The van der Waals surface area contributed by atoms with Gasteiger partial charge in [-0.05, 0) is 35.1 Å². The van der Waals surface area contributed by atoms with Crippen molar-refractivity contribution in [1.29, 1.82) is 0 Å². The van der Waals surface area contributed by atoms with E-state index in [1.807, 2.05) is 42.6 Å². The van der Waals surface area contributed by atoms with Gasteiger partial charge in [-0.3, -0.25) is 14.2 Å². The zero-order valence-corrected chi connectivity index (χ0v) is 16.9. The highest BCUT2D eigenvalue weighted by molar-refractivity contribution is 7.16. The summed E-state index contributed by atoms with van der Waals surface area (Å²) in [5, 5.41) is 5.45. The van der Waals surface area contributed by atoms with Gasteiger partial charge in [-0.1, -0.05) is 54.6 Å². The van der Waals surface area contributed by atoms with Crippen LogP contribution >= 0.6 is 11.3 Å². The monoisotopic (exact) mass is 403 g/mol. The molecule has 4 aromatic rings. The Morgan fingerprint density at radius 1 is 1.07 bits per heavy atom. The number of nitrogens with one attached hydrogen (secondary N) is 1. The summed E-state index contributed by atoms with van der Waals surface area (Å²) in [6.45, 7) is 2.27. The second-order valence-corrected chi connectivity index (χ2v) is 7.80. The van der Waals surface area contributed by atoms with Gasteiger partial charge in [-0.15, -0.1) is 11.3 Å². The van der Waals surface area contributed by atoms with Crippen LogP contribution < -0.4 is 10.9 Å². The molecule has 0 saturated heterocycles. The Morgan fingerprint density at radius 3 is 2.55 bits per heavy atom. The molecule has 0 aliphatic carbocycles. The van der Waals surface area contributed by atoms with E-state index in [1.54, 1.807) is 6.07 Å². The smallest absolute Gasteiger partial charge is 0.262 e. The number of amides is 1. The molecular formula is C23H21N3O2S. The Balaban J connectivity index is 1.36. The summed E-state index contributed by atoms with van der Waals surface area (Å²) >= 11 is 1.44. The van der Waals surface area contributed by atoms with Crippen LogP contribution in [0.5, 0.6) is 0 Å². The highest BCUT2D eigenvalue weighted by atomic mass is 32.1. The molecule has 0 spiro atoms. The number of fused-ring (bicyclic) bond motifs is 1. The van der Waals surface area contributed by atoms with Crippen LogP contribution in [-0.4, -0.2) is 15.5 Å². The Bertz CT molecular complexity index is 1180. The van der Waals surface area contributed by atoms with Gasteiger partial charge >= 0.3 is 0 Å². The fourth-order valence-corrected chi connectivity index (χ4v) is 3.99. The average molecular weight is 404 g/mol. The maximum atomic E-state index is 12.4. The van der Waals surface area contributed by atoms with Crippen molar-refractivity contribution >= 4 is 27.5 Å². The predicted octanol–water partition coefficient (Wildman–Crippen LogP) is 4.39. The molecule has 1 N–H and O–H groups in total. The molecular weight excluding hydrogens is 382 g/mol. The molecule has 4 rings (SSSR count). The van der Waals surface area contributed by atoms with Crippen molar-refractivity contribution in [3.05, 3.63) is 88.3 Å². The first-order valence-corrected chi connectivity index (χ1v) is 10.4. The number of nitrogens with zero attached hydrogens (tertiary/aromatic N) is 2. The van der Waals surface area contributed by atoms with Crippen LogP contribution in [0.1, 0.15) is 24.9 Å². The molecule has 0 radical (unpaired) electrons. The Kier molecular flexibility index (Phi) is 5.53. The van der Waals surface area contributed by atoms with E-state index in [9.17, 15) is 9.59 Å². The number of hydrogen-bond acceptors (Lipinski definition) is 4. The molecule has 0 saturated carbocycles. The summed E-state index contributed by atoms with van der Waals surface area (Å²) in [5.74, 6) is -0.0954. The van der Waals surface area contributed by atoms with Crippen LogP contribution in [-0.2, 0) is 11.3 Å². The molecule has 6 heteroatoms. The summed E-state index contributed by atoms with van der Waals surface area (Å²) in [6, 6.07) is 20.0. The van der Waals surface area contributed by atoms with E-state index in [0.717, 1.165) is 21.5 Å². The van der Waals surface area contributed by atoms with Crippen molar-refractivity contribution in [2.75, 3.05) is 0 Å². The van der Waals surface area contributed by atoms with E-state index in [2.05, 4.69) is 34.6 Å². The number of hydrogen-bond donors (Lipinski definition) is 1. The molecule has 5 nitrogen and oxygen atoms in total. The summed E-state index contributed by atoms with van der Waals surface area (Å²) in [5.41, 5.74) is 3.24. The van der Waals surface area contributed by atoms with Gasteiger partial charge in [0.25, 0.3) is 5.56 Å². The lowest BCUT2D eigenvalue weighted by atomic mass is 10.0. The van der Waals surface area contributed by atoms with Crippen LogP contribution in [0, 0.1) is 0 Å². The minimum absolute atomic E-state index is 0.0954. The molecule has 1 atom stereocenters. The normalized spacial score (nSPS) is 12.0. The molecule has 0 unspecified atom stereocenters. The Labute approximate surface area is 172 Å². The number of aryl methyl sites for hydroxylation is 1. The minimum Gasteiger partial charge on any atom is -0.350 e. The lowest BCUT2D eigenvalue weighted by Crippen LogP contribution is -2.29. The first kappa shape index (κ1) is 19.1. The molecule has 29 heavy (non-hydrogen) atoms. The van der Waals surface area contributed by atoms with Crippen molar-refractivity contribution in [3.63, 3.8) is 0 Å². The number of rotatable bonds is 6. The highest BCUT2D eigenvalue weighted by Gasteiger charge is 2.11. The third kappa shape index (κ3) is 4.27. The van der Waals surface area contributed by atoms with Crippen molar-refractivity contribution < 1.29 is 4.79 Å². The number of aromatic nitrogens is 2. The van der Waals surface area contributed by atoms with Crippen LogP contribution in [0.2, 0.25) is 0 Å². The zero-order valence-electron chi connectivity index (χ0n) is 16.0. The van der Waals surface area contributed by atoms with Crippen molar-refractivity contribution in [2.45, 2.75) is 25.9 Å². The fraction of sp³-hybridized carbons (Fsp3) is 0.174. The lowest BCUT2D eigenvalue weighted by molar-refractivity contribution is -0.121. The molecule has 146 valence electrons. The lowest BCUT2D eigenvalue weighted by Gasteiger charge is -2.15. The topological polar surface area (TPSA) is 64.0 Å². The largest absolute Gasteiger partial charge is 0.350 e. The number of carbonyl (C=O) groups excluding carboxylic acids is 1. The minimum atomic E-state index is -0.110. The number of carbonyl (C=O) groups is 1. The predicted molar refractivity (Wildman–Crippen MR) is 117 cm³/mol. The summed E-state index contributed by atoms with van der Waals surface area (Å²) in [7, 11) is 0. The molecule has 2 heterocycles. The van der Waals surface area contributed by atoms with E-state index < -0.39 is 0 Å².